The molecule has 0 N–H and O–H groups in total. The van der Waals surface area contributed by atoms with Crippen LogP contribution >= 0.6 is 0 Å². The molecule has 0 aromatic heterocycles. The van der Waals surface area contributed by atoms with Crippen molar-refractivity contribution in [1.82, 2.24) is 0 Å². The van der Waals surface area contributed by atoms with Gasteiger partial charge in [0.1, 0.15) is 0 Å². The first-order chi connectivity index (χ1) is 21.7. The van der Waals surface area contributed by atoms with Crippen LogP contribution in [0.4, 0.5) is 22.7 Å². The van der Waals surface area contributed by atoms with Gasteiger partial charge in [-0.1, -0.05) is 127 Å². The van der Waals surface area contributed by atoms with Crippen molar-refractivity contribution in [2.24, 2.45) is 0 Å². The Bertz CT molecular complexity index is 1960. The SMILES string of the molecule is CN(c1ccc(-c2ccccc2)cc1)c1ccc(N(C2=CCC=CC(c3ccccc3)=C2)c2cccc3ccccc23)cc1. The first-order valence-electron chi connectivity index (χ1n) is 15.2. The maximum atomic E-state index is 2.40. The number of fused-ring (bicyclic) bond motifs is 1. The third kappa shape index (κ3) is 5.58. The minimum Gasteiger partial charge on any atom is -0.345 e. The fourth-order valence-electron chi connectivity index (χ4n) is 5.93. The summed E-state index contributed by atoms with van der Waals surface area (Å²) in [6, 6.07) is 54.0. The molecular formula is C42H34N2. The standard InChI is InChI=1S/C42H34N2/c1-43(37-25-23-34(24-26-37)32-13-4-2-5-14-32)38-27-29-39(30-28-38)44(42-22-12-19-35-17-9-11-21-41(35)42)40-20-10-8-18-36(31-40)33-15-6-3-7-16-33/h2-9,11-31H,10H2,1H3. The largest absolute Gasteiger partial charge is 0.345 e. The normalized spacial score (nSPS) is 12.8. The van der Waals surface area contributed by atoms with Crippen LogP contribution < -0.4 is 9.80 Å². The minimum absolute atomic E-state index is 0.864. The Morgan fingerprint density at radius 1 is 0.500 bits per heavy atom. The molecule has 1 aliphatic rings. The average molecular weight is 567 g/mol. The summed E-state index contributed by atoms with van der Waals surface area (Å²) in [5.74, 6) is 0. The van der Waals surface area contributed by atoms with E-state index in [2.05, 4.69) is 193 Å². The lowest BCUT2D eigenvalue weighted by molar-refractivity contribution is 1.18. The van der Waals surface area contributed by atoms with E-state index in [9.17, 15) is 0 Å². The number of nitrogens with zero attached hydrogens (tertiary/aromatic N) is 2. The van der Waals surface area contributed by atoms with Crippen LogP contribution in [0.5, 0.6) is 0 Å². The first-order valence-corrected chi connectivity index (χ1v) is 15.2. The molecule has 0 heterocycles. The molecule has 0 radical (unpaired) electrons. The Morgan fingerprint density at radius 2 is 1.07 bits per heavy atom. The molecule has 0 spiro atoms. The highest BCUT2D eigenvalue weighted by Gasteiger charge is 2.18. The highest BCUT2D eigenvalue weighted by atomic mass is 15.2. The molecule has 44 heavy (non-hydrogen) atoms. The number of allylic oxidation sites excluding steroid dienone is 5. The van der Waals surface area contributed by atoms with Gasteiger partial charge in [-0.15, -0.1) is 0 Å². The van der Waals surface area contributed by atoms with Crippen LogP contribution in [0, 0.1) is 0 Å². The van der Waals surface area contributed by atoms with Gasteiger partial charge in [0.05, 0.1) is 5.69 Å². The number of hydrogen-bond acceptors (Lipinski definition) is 2. The van der Waals surface area contributed by atoms with Crippen molar-refractivity contribution >= 4 is 39.1 Å². The van der Waals surface area contributed by atoms with Crippen molar-refractivity contribution in [2.45, 2.75) is 6.42 Å². The van der Waals surface area contributed by atoms with Crippen molar-refractivity contribution in [3.05, 3.63) is 187 Å². The van der Waals surface area contributed by atoms with Crippen LogP contribution in [-0.4, -0.2) is 7.05 Å². The van der Waals surface area contributed by atoms with Gasteiger partial charge in [0.2, 0.25) is 0 Å². The maximum absolute atomic E-state index is 2.40. The van der Waals surface area contributed by atoms with Gasteiger partial charge < -0.3 is 9.80 Å². The van der Waals surface area contributed by atoms with Crippen LogP contribution in [0.15, 0.2) is 182 Å². The third-order valence-corrected chi connectivity index (χ3v) is 8.29. The van der Waals surface area contributed by atoms with Gasteiger partial charge in [0.25, 0.3) is 0 Å². The number of benzene rings is 6. The quantitative estimate of drug-likeness (QED) is 0.190. The summed E-state index contributed by atoms with van der Waals surface area (Å²) < 4.78 is 0. The molecule has 6 aromatic rings. The second kappa shape index (κ2) is 12.3. The fourth-order valence-corrected chi connectivity index (χ4v) is 5.93. The lowest BCUT2D eigenvalue weighted by atomic mass is 10.0. The molecule has 2 heteroatoms. The summed E-state index contributed by atoms with van der Waals surface area (Å²) in [5, 5.41) is 2.45. The second-order valence-electron chi connectivity index (χ2n) is 11.1. The molecule has 7 rings (SSSR count). The molecule has 0 amide bonds. The summed E-state index contributed by atoms with van der Waals surface area (Å²) in [7, 11) is 2.13. The molecule has 2 nitrogen and oxygen atoms in total. The van der Waals surface area contributed by atoms with Gasteiger partial charge >= 0.3 is 0 Å². The van der Waals surface area contributed by atoms with Crippen molar-refractivity contribution < 1.29 is 0 Å². The van der Waals surface area contributed by atoms with E-state index < -0.39 is 0 Å². The Hall–Kier alpha value is -5.60. The van der Waals surface area contributed by atoms with E-state index in [0.29, 0.717) is 0 Å². The van der Waals surface area contributed by atoms with Crippen molar-refractivity contribution in [1.29, 1.82) is 0 Å². The molecular weight excluding hydrogens is 532 g/mol. The van der Waals surface area contributed by atoms with Crippen LogP contribution in [0.25, 0.3) is 27.5 Å². The molecule has 0 fully saturated rings. The van der Waals surface area contributed by atoms with Crippen molar-refractivity contribution in [2.75, 3.05) is 16.8 Å². The molecule has 0 saturated carbocycles. The summed E-state index contributed by atoms with van der Waals surface area (Å²) in [6.45, 7) is 0. The van der Waals surface area contributed by atoms with Gasteiger partial charge in [0, 0.05) is 35.2 Å². The van der Waals surface area contributed by atoms with Crippen LogP contribution in [0.3, 0.4) is 0 Å². The molecule has 0 unspecified atom stereocenters. The van der Waals surface area contributed by atoms with Crippen LogP contribution in [0.2, 0.25) is 0 Å². The van der Waals surface area contributed by atoms with Gasteiger partial charge in [-0.2, -0.15) is 0 Å². The summed E-state index contributed by atoms with van der Waals surface area (Å²) >= 11 is 0. The van der Waals surface area contributed by atoms with E-state index in [1.54, 1.807) is 0 Å². The highest BCUT2D eigenvalue weighted by molar-refractivity contribution is 5.98. The van der Waals surface area contributed by atoms with Gasteiger partial charge in [-0.25, -0.2) is 0 Å². The second-order valence-corrected chi connectivity index (χ2v) is 11.1. The predicted molar refractivity (Wildman–Crippen MR) is 189 cm³/mol. The Labute approximate surface area is 260 Å². The Kier molecular flexibility index (Phi) is 7.63. The van der Waals surface area contributed by atoms with E-state index in [-0.39, 0.29) is 0 Å². The number of rotatable bonds is 7. The minimum atomic E-state index is 0.864. The average Bonchev–Trinajstić information content (AvgIpc) is 3.36. The summed E-state index contributed by atoms with van der Waals surface area (Å²) in [5.41, 5.74) is 10.6. The smallest absolute Gasteiger partial charge is 0.0539 e. The Balaban J connectivity index is 1.26. The summed E-state index contributed by atoms with van der Waals surface area (Å²) in [6.07, 6.45) is 9.98. The Morgan fingerprint density at radius 3 is 1.80 bits per heavy atom. The van der Waals surface area contributed by atoms with E-state index in [1.165, 1.54) is 33.0 Å². The van der Waals surface area contributed by atoms with E-state index in [4.69, 9.17) is 0 Å². The molecule has 6 aromatic carbocycles. The topological polar surface area (TPSA) is 6.48 Å². The third-order valence-electron chi connectivity index (χ3n) is 8.29. The molecule has 0 aliphatic heterocycles. The maximum Gasteiger partial charge on any atom is 0.0539 e. The molecule has 0 atom stereocenters. The zero-order chi connectivity index (χ0) is 29.7. The van der Waals surface area contributed by atoms with E-state index in [1.807, 2.05) is 0 Å². The van der Waals surface area contributed by atoms with Crippen molar-refractivity contribution in [3.63, 3.8) is 0 Å². The number of anilines is 4. The molecule has 0 saturated heterocycles. The zero-order valence-electron chi connectivity index (χ0n) is 24.8. The molecule has 212 valence electrons. The highest BCUT2D eigenvalue weighted by Crippen LogP contribution is 2.39. The lowest BCUT2D eigenvalue weighted by Gasteiger charge is -2.29. The van der Waals surface area contributed by atoms with Crippen molar-refractivity contribution in [3.8, 4) is 11.1 Å². The predicted octanol–water partition coefficient (Wildman–Crippen LogP) is 11.3. The monoisotopic (exact) mass is 566 g/mol. The lowest BCUT2D eigenvalue weighted by Crippen LogP contribution is -2.16. The van der Waals surface area contributed by atoms with E-state index >= 15 is 0 Å². The van der Waals surface area contributed by atoms with Crippen LogP contribution in [0.1, 0.15) is 12.0 Å². The summed E-state index contributed by atoms with van der Waals surface area (Å²) in [4.78, 5) is 4.64. The van der Waals surface area contributed by atoms with E-state index in [0.717, 1.165) is 34.9 Å². The molecule has 0 bridgehead atoms. The number of hydrogen-bond donors (Lipinski definition) is 0. The van der Waals surface area contributed by atoms with Gasteiger partial charge in [-0.05, 0) is 82.6 Å². The van der Waals surface area contributed by atoms with Gasteiger partial charge in [0.15, 0.2) is 0 Å². The zero-order valence-corrected chi connectivity index (χ0v) is 24.8. The van der Waals surface area contributed by atoms with Gasteiger partial charge in [-0.3, -0.25) is 0 Å². The molecule has 1 aliphatic carbocycles. The van der Waals surface area contributed by atoms with Crippen LogP contribution in [-0.2, 0) is 0 Å². The fraction of sp³-hybridized carbons (Fsp3) is 0.0476. The first kappa shape index (κ1) is 27.2.